The van der Waals surface area contributed by atoms with Crippen molar-refractivity contribution in [1.82, 2.24) is 0 Å². The van der Waals surface area contributed by atoms with Crippen LogP contribution in [0, 0.1) is 0 Å². The van der Waals surface area contributed by atoms with E-state index >= 15 is 0 Å². The van der Waals surface area contributed by atoms with Crippen LogP contribution >= 0.6 is 0 Å². The third-order valence-corrected chi connectivity index (χ3v) is 8.98. The van der Waals surface area contributed by atoms with E-state index < -0.39 is 0 Å². The molecule has 0 aliphatic carbocycles. The number of ether oxygens (including phenoxy) is 2. The maximum absolute atomic E-state index is 10.1. The first kappa shape index (κ1) is 42.8. The molecule has 0 amide bonds. The van der Waals surface area contributed by atoms with Gasteiger partial charge in [-0.25, -0.2) is 0 Å². The molecule has 0 aliphatic rings. The Morgan fingerprint density at radius 3 is 0.953 bits per heavy atom. The minimum Gasteiger partial charge on any atom is -0.394 e. The van der Waals surface area contributed by atoms with Crippen molar-refractivity contribution >= 4 is 0 Å². The lowest BCUT2D eigenvalue weighted by molar-refractivity contribution is -0.101. The molecule has 0 radical (unpaired) electrons. The van der Waals surface area contributed by atoms with Crippen LogP contribution in [-0.4, -0.2) is 42.7 Å². The Hall–Kier alpha value is -0.160. The van der Waals surface area contributed by atoms with Crippen LogP contribution < -0.4 is 5.73 Å². The summed E-state index contributed by atoms with van der Waals surface area (Å²) in [4.78, 5) is 0. The molecule has 2 atom stereocenters. The lowest BCUT2D eigenvalue weighted by Crippen LogP contribution is -2.44. The zero-order chi connectivity index (χ0) is 31.7. The van der Waals surface area contributed by atoms with Gasteiger partial charge in [0.05, 0.1) is 12.7 Å². The third kappa shape index (κ3) is 33.0. The van der Waals surface area contributed by atoms with Crippen molar-refractivity contribution in [2.45, 2.75) is 232 Å². The molecule has 260 valence electrons. The van der Waals surface area contributed by atoms with Gasteiger partial charge in [-0.05, 0) is 33.1 Å². The first-order valence-electron chi connectivity index (χ1n) is 19.6. The van der Waals surface area contributed by atoms with Crippen LogP contribution in [0.3, 0.4) is 0 Å². The lowest BCUT2D eigenvalue weighted by Gasteiger charge is -2.31. The number of hydrogen-bond acceptors (Lipinski definition) is 4. The number of nitrogens with two attached hydrogens (primary N) is 1. The summed E-state index contributed by atoms with van der Waals surface area (Å²) in [6.45, 7) is 10.1. The molecule has 0 aromatic rings. The molecule has 0 aliphatic heterocycles. The average Bonchev–Trinajstić information content (AvgIpc) is 2.98. The van der Waals surface area contributed by atoms with Crippen LogP contribution in [0.1, 0.15) is 214 Å². The standard InChI is InChI=1S/C39H81NO3/c1-5-7-9-11-13-15-17-19-21-23-25-27-29-31-33-42-37(35-39(3,4)40)38(36-41)43-34-32-30-28-26-24-22-20-18-16-14-12-10-8-6-2/h37-38,41H,5-36,40H2,1-4H3. The molecule has 0 fully saturated rings. The number of aliphatic hydroxyl groups is 1. The fraction of sp³-hybridized carbons (Fsp3) is 1.00. The molecule has 0 saturated heterocycles. The molecule has 0 aromatic heterocycles. The monoisotopic (exact) mass is 612 g/mol. The molecule has 0 rings (SSSR count). The van der Waals surface area contributed by atoms with Crippen LogP contribution in [-0.2, 0) is 9.47 Å². The van der Waals surface area contributed by atoms with E-state index in [4.69, 9.17) is 15.2 Å². The van der Waals surface area contributed by atoms with Gasteiger partial charge in [-0.1, -0.05) is 181 Å². The van der Waals surface area contributed by atoms with E-state index in [0.717, 1.165) is 19.4 Å². The number of unbranched alkanes of at least 4 members (excludes halogenated alkanes) is 26. The van der Waals surface area contributed by atoms with Gasteiger partial charge in [0, 0.05) is 18.8 Å². The van der Waals surface area contributed by atoms with E-state index in [1.54, 1.807) is 0 Å². The molecule has 0 spiro atoms. The molecule has 2 unspecified atom stereocenters. The normalized spacial score (nSPS) is 13.5. The largest absolute Gasteiger partial charge is 0.394 e. The van der Waals surface area contributed by atoms with E-state index in [9.17, 15) is 5.11 Å². The maximum atomic E-state index is 10.1. The molecule has 0 aromatic carbocycles. The van der Waals surface area contributed by atoms with Crippen molar-refractivity contribution in [3.8, 4) is 0 Å². The second-order valence-corrected chi connectivity index (χ2v) is 14.4. The SMILES string of the molecule is CCCCCCCCCCCCCCCCOC(CO)C(CC(C)(C)N)OCCCCCCCCCCCCCCCC. The Morgan fingerprint density at radius 1 is 0.442 bits per heavy atom. The fourth-order valence-electron chi connectivity index (χ4n) is 6.16. The van der Waals surface area contributed by atoms with Gasteiger partial charge in [-0.2, -0.15) is 0 Å². The van der Waals surface area contributed by atoms with Crippen molar-refractivity contribution in [1.29, 1.82) is 0 Å². The minimum absolute atomic E-state index is 0.00189. The minimum atomic E-state index is -0.341. The van der Waals surface area contributed by atoms with Gasteiger partial charge in [0.15, 0.2) is 0 Å². The predicted molar refractivity (Wildman–Crippen MR) is 190 cm³/mol. The molecule has 43 heavy (non-hydrogen) atoms. The molecule has 4 nitrogen and oxygen atoms in total. The average molecular weight is 612 g/mol. The molecule has 0 heterocycles. The summed E-state index contributed by atoms with van der Waals surface area (Å²) < 4.78 is 12.4. The van der Waals surface area contributed by atoms with E-state index in [0.29, 0.717) is 13.0 Å². The summed E-state index contributed by atoms with van der Waals surface area (Å²) in [6.07, 6.45) is 38.3. The highest BCUT2D eigenvalue weighted by Crippen LogP contribution is 2.19. The van der Waals surface area contributed by atoms with Gasteiger partial charge in [0.2, 0.25) is 0 Å². The first-order chi connectivity index (χ1) is 20.9. The van der Waals surface area contributed by atoms with Gasteiger partial charge in [0.1, 0.15) is 6.10 Å². The van der Waals surface area contributed by atoms with E-state index in [1.807, 2.05) is 13.8 Å². The first-order valence-corrected chi connectivity index (χ1v) is 19.6. The number of hydrogen-bond donors (Lipinski definition) is 2. The number of rotatable bonds is 36. The Balaban J connectivity index is 3.85. The van der Waals surface area contributed by atoms with Crippen molar-refractivity contribution < 1.29 is 14.6 Å². The topological polar surface area (TPSA) is 64.7 Å². The van der Waals surface area contributed by atoms with Crippen LogP contribution in [0.4, 0.5) is 0 Å². The Bertz CT molecular complexity index is 521. The fourth-order valence-corrected chi connectivity index (χ4v) is 6.16. The Kier molecular flexibility index (Phi) is 33.1. The van der Waals surface area contributed by atoms with Crippen molar-refractivity contribution in [2.24, 2.45) is 5.73 Å². The zero-order valence-electron chi connectivity index (χ0n) is 30.1. The molecule has 0 saturated carbocycles. The second-order valence-electron chi connectivity index (χ2n) is 14.4. The summed E-state index contributed by atoms with van der Waals surface area (Å²) in [5.74, 6) is 0. The highest BCUT2D eigenvalue weighted by Gasteiger charge is 2.28. The van der Waals surface area contributed by atoms with Gasteiger partial charge >= 0.3 is 0 Å². The van der Waals surface area contributed by atoms with E-state index in [1.165, 1.54) is 167 Å². The third-order valence-electron chi connectivity index (χ3n) is 8.98. The van der Waals surface area contributed by atoms with Gasteiger partial charge < -0.3 is 20.3 Å². The lowest BCUT2D eigenvalue weighted by atomic mass is 9.95. The van der Waals surface area contributed by atoms with Gasteiger partial charge in [-0.15, -0.1) is 0 Å². The summed E-state index contributed by atoms with van der Waals surface area (Å²) in [6, 6.07) is 0. The van der Waals surface area contributed by atoms with Crippen molar-refractivity contribution in [2.75, 3.05) is 19.8 Å². The summed E-state index contributed by atoms with van der Waals surface area (Å²) in [5, 5.41) is 10.1. The molecule has 0 bridgehead atoms. The quantitative estimate of drug-likeness (QED) is 0.0692. The van der Waals surface area contributed by atoms with Crippen LogP contribution in [0.15, 0.2) is 0 Å². The smallest absolute Gasteiger partial charge is 0.107 e. The molecule has 4 heteroatoms. The summed E-state index contributed by atoms with van der Waals surface area (Å²) in [7, 11) is 0. The highest BCUT2D eigenvalue weighted by atomic mass is 16.5. The Morgan fingerprint density at radius 2 is 0.698 bits per heavy atom. The summed E-state index contributed by atoms with van der Waals surface area (Å²) in [5.41, 5.74) is 6.01. The van der Waals surface area contributed by atoms with Crippen LogP contribution in [0.2, 0.25) is 0 Å². The van der Waals surface area contributed by atoms with E-state index in [-0.39, 0.29) is 24.4 Å². The molecular weight excluding hydrogens is 530 g/mol. The highest BCUT2D eigenvalue weighted by molar-refractivity contribution is 4.82. The molecule has 3 N–H and O–H groups in total. The Labute approximate surface area is 271 Å². The maximum Gasteiger partial charge on any atom is 0.107 e. The van der Waals surface area contributed by atoms with Crippen LogP contribution in [0.5, 0.6) is 0 Å². The van der Waals surface area contributed by atoms with Crippen molar-refractivity contribution in [3.63, 3.8) is 0 Å². The molecular formula is C39H81NO3. The predicted octanol–water partition coefficient (Wildman–Crippen LogP) is 11.8. The summed E-state index contributed by atoms with van der Waals surface area (Å²) >= 11 is 0. The number of aliphatic hydroxyl groups excluding tert-OH is 1. The van der Waals surface area contributed by atoms with Gasteiger partial charge in [0.25, 0.3) is 0 Å². The second kappa shape index (κ2) is 33.2. The van der Waals surface area contributed by atoms with Gasteiger partial charge in [-0.3, -0.25) is 0 Å². The van der Waals surface area contributed by atoms with Crippen LogP contribution in [0.25, 0.3) is 0 Å². The van der Waals surface area contributed by atoms with E-state index in [2.05, 4.69) is 13.8 Å². The zero-order valence-corrected chi connectivity index (χ0v) is 30.1. The van der Waals surface area contributed by atoms with Crippen molar-refractivity contribution in [3.05, 3.63) is 0 Å².